The second-order valence-electron chi connectivity index (χ2n) is 7.19. The van der Waals surface area contributed by atoms with Crippen LogP contribution >= 0.6 is 0 Å². The highest BCUT2D eigenvalue weighted by Crippen LogP contribution is 2.25. The fraction of sp³-hybridized carbons (Fsp3) is 0.250. The van der Waals surface area contributed by atoms with Gasteiger partial charge in [-0.3, -0.25) is 14.8 Å². The standard InChI is InChI=1S/C20H21N7O4/c1-25-16(19(28)26-4-6-27(7-5-26)20(29)30)10-13-9-15(23-11-17(13)25)14-8-12(2-3-22-14)18(21)24-31/h2-3,8-11,31H,4-7H2,1H3,(H2,21,24)(H,29,30). The van der Waals surface area contributed by atoms with Gasteiger partial charge in [0, 0.05) is 50.4 Å². The molecular formula is C20H21N7O4. The summed E-state index contributed by atoms with van der Waals surface area (Å²) in [5, 5.41) is 21.8. The van der Waals surface area contributed by atoms with Crippen LogP contribution in [0.25, 0.3) is 22.3 Å². The zero-order valence-electron chi connectivity index (χ0n) is 16.8. The molecule has 0 spiro atoms. The summed E-state index contributed by atoms with van der Waals surface area (Å²) >= 11 is 0. The van der Waals surface area contributed by atoms with E-state index in [1.807, 2.05) is 6.07 Å². The number of hydrogen-bond acceptors (Lipinski definition) is 6. The van der Waals surface area contributed by atoms with E-state index in [2.05, 4.69) is 15.1 Å². The highest BCUT2D eigenvalue weighted by molar-refractivity contribution is 6.00. The fourth-order valence-corrected chi connectivity index (χ4v) is 3.63. The van der Waals surface area contributed by atoms with E-state index in [0.717, 1.165) is 10.9 Å². The number of pyridine rings is 2. The van der Waals surface area contributed by atoms with Crippen LogP contribution in [0.2, 0.25) is 0 Å². The van der Waals surface area contributed by atoms with E-state index in [9.17, 15) is 9.59 Å². The number of piperazine rings is 1. The number of carbonyl (C=O) groups is 2. The molecule has 160 valence electrons. The Balaban J connectivity index is 1.63. The summed E-state index contributed by atoms with van der Waals surface area (Å²) in [6, 6.07) is 6.91. The first kappa shape index (κ1) is 20.1. The van der Waals surface area contributed by atoms with E-state index < -0.39 is 6.09 Å². The van der Waals surface area contributed by atoms with Crippen molar-refractivity contribution < 1.29 is 19.9 Å². The lowest BCUT2D eigenvalue weighted by Gasteiger charge is -2.33. The monoisotopic (exact) mass is 423 g/mol. The van der Waals surface area contributed by atoms with Crippen molar-refractivity contribution in [1.29, 1.82) is 0 Å². The van der Waals surface area contributed by atoms with Gasteiger partial charge in [-0.2, -0.15) is 0 Å². The van der Waals surface area contributed by atoms with E-state index in [0.29, 0.717) is 48.8 Å². The number of amides is 2. The average molecular weight is 423 g/mol. The number of hydrogen-bond donors (Lipinski definition) is 3. The predicted molar refractivity (Wildman–Crippen MR) is 112 cm³/mol. The molecule has 0 radical (unpaired) electrons. The number of rotatable bonds is 3. The molecule has 0 bridgehead atoms. The number of fused-ring (bicyclic) bond motifs is 1. The maximum absolute atomic E-state index is 13.0. The Bertz CT molecular complexity index is 1200. The van der Waals surface area contributed by atoms with Crippen molar-refractivity contribution in [2.45, 2.75) is 0 Å². The minimum atomic E-state index is -0.972. The lowest BCUT2D eigenvalue weighted by Crippen LogP contribution is -2.50. The van der Waals surface area contributed by atoms with E-state index in [1.54, 1.807) is 47.1 Å². The third-order valence-corrected chi connectivity index (χ3v) is 5.41. The zero-order chi connectivity index (χ0) is 22.1. The topological polar surface area (TPSA) is 150 Å². The molecule has 0 aromatic carbocycles. The number of nitrogens with two attached hydrogens (primary N) is 1. The molecule has 1 aliphatic heterocycles. The van der Waals surface area contributed by atoms with Crippen LogP contribution in [0.1, 0.15) is 16.1 Å². The number of aromatic nitrogens is 3. The van der Waals surface area contributed by atoms with Crippen LogP contribution in [-0.4, -0.2) is 78.7 Å². The first-order valence-electron chi connectivity index (χ1n) is 9.56. The van der Waals surface area contributed by atoms with Gasteiger partial charge < -0.3 is 30.4 Å². The van der Waals surface area contributed by atoms with Gasteiger partial charge in [-0.1, -0.05) is 5.16 Å². The molecule has 11 heteroatoms. The highest BCUT2D eigenvalue weighted by atomic mass is 16.4. The Kier molecular flexibility index (Phi) is 5.15. The van der Waals surface area contributed by atoms with Crippen molar-refractivity contribution >= 4 is 28.7 Å². The number of nitrogens with zero attached hydrogens (tertiary/aromatic N) is 6. The summed E-state index contributed by atoms with van der Waals surface area (Å²) in [6.07, 6.45) is 2.24. The van der Waals surface area contributed by atoms with Crippen LogP contribution in [0, 0.1) is 0 Å². The molecular weight excluding hydrogens is 402 g/mol. The summed E-state index contributed by atoms with van der Waals surface area (Å²) in [5.41, 5.74) is 8.58. The molecule has 0 aliphatic carbocycles. The molecule has 1 fully saturated rings. The summed E-state index contributed by atoms with van der Waals surface area (Å²) in [7, 11) is 1.79. The van der Waals surface area contributed by atoms with Gasteiger partial charge >= 0.3 is 6.09 Å². The Morgan fingerprint density at radius 1 is 1.06 bits per heavy atom. The van der Waals surface area contributed by atoms with Crippen LogP contribution in [0.15, 0.2) is 41.8 Å². The summed E-state index contributed by atoms with van der Waals surface area (Å²) in [6.45, 7) is 1.28. The van der Waals surface area contributed by atoms with Crippen LogP contribution < -0.4 is 5.73 Å². The summed E-state index contributed by atoms with van der Waals surface area (Å²) in [4.78, 5) is 35.8. The van der Waals surface area contributed by atoms with Crippen LogP contribution in [-0.2, 0) is 7.05 Å². The maximum atomic E-state index is 13.0. The van der Waals surface area contributed by atoms with Crippen molar-refractivity contribution in [3.05, 3.63) is 47.9 Å². The number of amidine groups is 1. The van der Waals surface area contributed by atoms with E-state index in [-0.39, 0.29) is 11.7 Å². The van der Waals surface area contributed by atoms with Gasteiger partial charge in [-0.15, -0.1) is 0 Å². The van der Waals surface area contributed by atoms with Gasteiger partial charge in [0.1, 0.15) is 5.69 Å². The third kappa shape index (κ3) is 3.72. The van der Waals surface area contributed by atoms with Crippen molar-refractivity contribution in [2.75, 3.05) is 26.2 Å². The van der Waals surface area contributed by atoms with Gasteiger partial charge in [0.05, 0.1) is 23.1 Å². The average Bonchev–Trinajstić information content (AvgIpc) is 3.13. The van der Waals surface area contributed by atoms with Crippen LogP contribution in [0.5, 0.6) is 0 Å². The van der Waals surface area contributed by atoms with Crippen molar-refractivity contribution in [2.24, 2.45) is 17.9 Å². The van der Waals surface area contributed by atoms with E-state index in [1.165, 1.54) is 4.90 Å². The number of carboxylic acid groups (broad SMARTS) is 1. The van der Waals surface area contributed by atoms with Crippen molar-refractivity contribution in [1.82, 2.24) is 24.3 Å². The molecule has 0 saturated carbocycles. The summed E-state index contributed by atoms with van der Waals surface area (Å²) in [5.74, 6) is -0.183. The Morgan fingerprint density at radius 3 is 2.42 bits per heavy atom. The molecule has 4 N–H and O–H groups in total. The molecule has 4 heterocycles. The number of carbonyl (C=O) groups excluding carboxylic acids is 1. The van der Waals surface area contributed by atoms with Crippen LogP contribution in [0.3, 0.4) is 0 Å². The molecule has 1 aliphatic rings. The largest absolute Gasteiger partial charge is 0.465 e. The number of oxime groups is 1. The van der Waals surface area contributed by atoms with Crippen molar-refractivity contribution in [3.63, 3.8) is 0 Å². The maximum Gasteiger partial charge on any atom is 0.407 e. The number of aryl methyl sites for hydroxylation is 1. The van der Waals surface area contributed by atoms with E-state index in [4.69, 9.17) is 16.0 Å². The molecule has 3 aromatic rings. The van der Waals surface area contributed by atoms with Gasteiger partial charge in [0.2, 0.25) is 0 Å². The molecule has 2 amide bonds. The first-order chi connectivity index (χ1) is 14.9. The zero-order valence-corrected chi connectivity index (χ0v) is 16.8. The SMILES string of the molecule is Cn1c(C(=O)N2CCN(C(=O)O)CC2)cc2cc(-c3cc(C(N)=NO)ccn3)ncc21. The predicted octanol–water partition coefficient (Wildman–Crippen LogP) is 1.17. The quantitative estimate of drug-likeness (QED) is 0.248. The normalized spacial score (nSPS) is 14.8. The molecule has 31 heavy (non-hydrogen) atoms. The second kappa shape index (κ2) is 7.94. The minimum Gasteiger partial charge on any atom is -0.465 e. The van der Waals surface area contributed by atoms with Crippen molar-refractivity contribution in [3.8, 4) is 11.4 Å². The highest BCUT2D eigenvalue weighted by Gasteiger charge is 2.26. The Morgan fingerprint density at radius 2 is 1.74 bits per heavy atom. The Labute approximate surface area is 177 Å². The molecule has 1 saturated heterocycles. The lowest BCUT2D eigenvalue weighted by atomic mass is 10.1. The van der Waals surface area contributed by atoms with Gasteiger partial charge in [-0.25, -0.2) is 4.79 Å². The molecule has 4 rings (SSSR count). The van der Waals surface area contributed by atoms with Gasteiger partial charge in [0.25, 0.3) is 5.91 Å². The van der Waals surface area contributed by atoms with Gasteiger partial charge in [0.15, 0.2) is 5.84 Å². The molecule has 3 aromatic heterocycles. The minimum absolute atomic E-state index is 0.0275. The third-order valence-electron chi connectivity index (χ3n) is 5.41. The Hall–Kier alpha value is -4.15. The van der Waals surface area contributed by atoms with Gasteiger partial charge in [-0.05, 0) is 24.3 Å². The smallest absolute Gasteiger partial charge is 0.407 e. The first-order valence-corrected chi connectivity index (χ1v) is 9.56. The van der Waals surface area contributed by atoms with Crippen LogP contribution in [0.4, 0.5) is 4.79 Å². The molecule has 11 nitrogen and oxygen atoms in total. The van der Waals surface area contributed by atoms with E-state index >= 15 is 0 Å². The fourth-order valence-electron chi connectivity index (χ4n) is 3.63. The lowest BCUT2D eigenvalue weighted by molar-refractivity contribution is 0.0616. The molecule has 0 atom stereocenters. The summed E-state index contributed by atoms with van der Waals surface area (Å²) < 4.78 is 1.78. The second-order valence-corrected chi connectivity index (χ2v) is 7.19. The molecule has 0 unspecified atom stereocenters.